The third kappa shape index (κ3) is 11.9. The van der Waals surface area contributed by atoms with Crippen molar-refractivity contribution < 1.29 is 26.5 Å². The van der Waals surface area contributed by atoms with E-state index in [9.17, 15) is 0 Å². The molecule has 0 aliphatic rings. The Balaban J connectivity index is 0.000000170. The summed E-state index contributed by atoms with van der Waals surface area (Å²) < 4.78 is 53.0. The number of aromatic nitrogens is 4. The van der Waals surface area contributed by atoms with Crippen LogP contribution >= 0.6 is 0 Å². The molecule has 0 spiro atoms. The van der Waals surface area contributed by atoms with Crippen LogP contribution in [-0.2, 0) is 28.2 Å². The summed E-state index contributed by atoms with van der Waals surface area (Å²) in [5.41, 5.74) is 20.0. The number of benzene rings is 4. The molecular formula is C58H68N4+4. The molecule has 4 aromatic heterocycles. The molecule has 0 fully saturated rings. The van der Waals surface area contributed by atoms with Gasteiger partial charge >= 0.3 is 0 Å². The molecule has 4 heterocycles. The first kappa shape index (κ1) is 38.4. The molecule has 62 heavy (non-hydrogen) atoms. The molecule has 4 heteroatoms. The second kappa shape index (κ2) is 21.3. The largest absolute Gasteiger partial charge is 0.212 e. The van der Waals surface area contributed by atoms with Crippen LogP contribution in [0.25, 0.3) is 45.0 Å². The van der Waals surface area contributed by atoms with Crippen LogP contribution in [0.5, 0.6) is 0 Å². The minimum Gasteiger partial charge on any atom is -0.201 e. The molecule has 0 amide bonds. The molecule has 4 nitrogen and oxygen atoms in total. The lowest BCUT2D eigenvalue weighted by molar-refractivity contribution is -0.660. The fraction of sp³-hybridized carbons (Fsp3) is 0.241. The molecule has 0 saturated heterocycles. The van der Waals surface area contributed by atoms with Gasteiger partial charge in [-0.1, -0.05) is 72.8 Å². The summed E-state index contributed by atoms with van der Waals surface area (Å²) in [6.07, 6.45) is 7.73. The molecular weight excluding hydrogens is 753 g/mol. The number of rotatable bonds is 4. The van der Waals surface area contributed by atoms with Crippen molar-refractivity contribution in [2.45, 2.75) is 69.1 Å². The summed E-state index contributed by atoms with van der Waals surface area (Å²) in [4.78, 5) is 0. The lowest BCUT2D eigenvalue weighted by atomic mass is 10.0. The molecule has 0 unspecified atom stereocenters. The highest BCUT2D eigenvalue weighted by Gasteiger charge is 2.16. The van der Waals surface area contributed by atoms with Gasteiger partial charge in [-0.3, -0.25) is 0 Å². The van der Waals surface area contributed by atoms with E-state index >= 15 is 0 Å². The first-order chi connectivity index (χ1) is 32.0. The van der Waals surface area contributed by atoms with Gasteiger partial charge in [0.15, 0.2) is 24.8 Å². The van der Waals surface area contributed by atoms with Gasteiger partial charge in [-0.15, -0.1) is 0 Å². The van der Waals surface area contributed by atoms with Crippen LogP contribution in [0.2, 0.25) is 0 Å². The summed E-state index contributed by atoms with van der Waals surface area (Å²) in [5.74, 6) is 0. The van der Waals surface area contributed by atoms with E-state index in [4.69, 9.17) is 8.22 Å². The molecule has 8 aromatic rings. The molecule has 0 aliphatic heterocycles. The number of nitrogens with zero attached hydrogens (tertiary/aromatic N) is 4. The maximum absolute atomic E-state index is 7.55. The lowest BCUT2D eigenvalue weighted by Gasteiger charge is -2.06. The first-order valence-corrected chi connectivity index (χ1v) is 21.2. The Morgan fingerprint density at radius 3 is 0.984 bits per heavy atom. The predicted octanol–water partition coefficient (Wildman–Crippen LogP) is 11.8. The van der Waals surface area contributed by atoms with Crippen LogP contribution in [-0.4, -0.2) is 0 Å². The zero-order chi connectivity index (χ0) is 50.1. The predicted molar refractivity (Wildman–Crippen MR) is 260 cm³/mol. The van der Waals surface area contributed by atoms with E-state index in [0.717, 1.165) is 28.1 Å². The van der Waals surface area contributed by atoms with E-state index < -0.39 is 13.7 Å². The Morgan fingerprint density at radius 1 is 0.290 bits per heavy atom. The van der Waals surface area contributed by atoms with Crippen LogP contribution < -0.4 is 18.3 Å². The van der Waals surface area contributed by atoms with E-state index in [0.29, 0.717) is 11.1 Å². The van der Waals surface area contributed by atoms with Gasteiger partial charge in [0.1, 0.15) is 28.2 Å². The van der Waals surface area contributed by atoms with Crippen LogP contribution in [0.3, 0.4) is 0 Å². The zero-order valence-corrected chi connectivity index (χ0v) is 38.8. The van der Waals surface area contributed by atoms with Crippen molar-refractivity contribution >= 4 is 0 Å². The maximum Gasteiger partial charge on any atom is 0.212 e. The standard InChI is InChI=1S/2C15H18N.2C14H16N/c2*1-11-7-5-6-8-14(11)15-9-12(2)13(3)10-16(15)4;2*1-11-8-9-14(15(3)10-11)13-7-5-4-6-12(13)2/h2*5-10H,1-4H3;2*4-10H,1-3H3/q4*+1/i3D3;;1D3;. The average Bonchev–Trinajstić information content (AvgIpc) is 3.27. The second-order valence-corrected chi connectivity index (χ2v) is 16.4. The highest BCUT2D eigenvalue weighted by Crippen LogP contribution is 2.24. The first-order valence-electron chi connectivity index (χ1n) is 24.2. The van der Waals surface area contributed by atoms with Crippen LogP contribution in [0.1, 0.15) is 63.9 Å². The van der Waals surface area contributed by atoms with Crippen molar-refractivity contribution in [1.29, 1.82) is 0 Å². The minimum atomic E-state index is -2.06. The second-order valence-electron chi connectivity index (χ2n) is 16.4. The SMILES string of the molecule is Cc1cc(-c2ccccc2C)[n+](C)cc1C.Cc1ccc(-c2ccccc2C)[n+](C)c1.[2H]C([2H])([2H])c1c[n+](C)c(-c2ccccc2C)cc1C.[2H]C([2H])([2H])c1ccc(-c2ccccc2C)[n+](C)c1. The monoisotopic (exact) mass is 827 g/mol. The van der Waals surface area contributed by atoms with Crippen molar-refractivity contribution in [3.05, 3.63) is 214 Å². The molecule has 0 bridgehead atoms. The minimum absolute atomic E-state index is 0.363. The van der Waals surface area contributed by atoms with Gasteiger partial charge in [0.25, 0.3) is 0 Å². The lowest BCUT2D eigenvalue weighted by Crippen LogP contribution is -2.31. The van der Waals surface area contributed by atoms with Gasteiger partial charge in [-0.25, -0.2) is 18.3 Å². The topological polar surface area (TPSA) is 15.5 Å². The molecule has 316 valence electrons. The molecule has 0 radical (unpaired) electrons. The Labute approximate surface area is 381 Å². The van der Waals surface area contributed by atoms with Gasteiger partial charge < -0.3 is 0 Å². The fourth-order valence-corrected chi connectivity index (χ4v) is 7.52. The molecule has 8 rings (SSSR count). The van der Waals surface area contributed by atoms with Gasteiger partial charge in [-0.2, -0.15) is 0 Å². The number of pyridine rings is 4. The molecule has 0 aliphatic carbocycles. The Kier molecular flexibility index (Phi) is 13.2. The third-order valence-electron chi connectivity index (χ3n) is 11.3. The van der Waals surface area contributed by atoms with Gasteiger partial charge in [0.2, 0.25) is 22.8 Å². The maximum atomic E-state index is 7.55. The number of aryl methyl sites for hydroxylation is 14. The van der Waals surface area contributed by atoms with Gasteiger partial charge in [0.05, 0.1) is 0 Å². The van der Waals surface area contributed by atoms with E-state index in [1.165, 1.54) is 61.5 Å². The molecule has 0 N–H and O–H groups in total. The van der Waals surface area contributed by atoms with E-state index in [-0.39, 0.29) is 0 Å². The van der Waals surface area contributed by atoms with Crippen molar-refractivity contribution in [3.63, 3.8) is 0 Å². The third-order valence-corrected chi connectivity index (χ3v) is 11.3. The molecule has 0 atom stereocenters. The summed E-state index contributed by atoms with van der Waals surface area (Å²) >= 11 is 0. The normalized spacial score (nSPS) is 12.3. The average molecular weight is 827 g/mol. The number of hydrogen-bond donors (Lipinski definition) is 0. The van der Waals surface area contributed by atoms with Crippen LogP contribution in [0.15, 0.2) is 158 Å². The molecule has 0 saturated carbocycles. The summed E-state index contributed by atoms with van der Waals surface area (Å²) in [5, 5.41) is 0. The Hall–Kier alpha value is -6.52. The van der Waals surface area contributed by atoms with E-state index in [1.54, 1.807) is 18.5 Å². The van der Waals surface area contributed by atoms with E-state index in [2.05, 4.69) is 156 Å². The molecule has 4 aromatic carbocycles. The summed E-state index contributed by atoms with van der Waals surface area (Å²) in [6.45, 7) is 12.6. The van der Waals surface area contributed by atoms with Crippen LogP contribution in [0.4, 0.5) is 0 Å². The fourth-order valence-electron chi connectivity index (χ4n) is 7.52. The summed E-state index contributed by atoms with van der Waals surface area (Å²) in [7, 11) is 7.95. The highest BCUT2D eigenvalue weighted by atomic mass is 14.9. The van der Waals surface area contributed by atoms with Crippen molar-refractivity contribution in [3.8, 4) is 45.0 Å². The summed E-state index contributed by atoms with van der Waals surface area (Å²) in [6, 6.07) is 45.3. The Bertz CT molecular complexity index is 3020. The highest BCUT2D eigenvalue weighted by molar-refractivity contribution is 5.63. The van der Waals surface area contributed by atoms with Crippen molar-refractivity contribution in [2.75, 3.05) is 0 Å². The quantitative estimate of drug-likeness (QED) is 0.157. The van der Waals surface area contributed by atoms with Gasteiger partial charge in [0, 0.05) is 77.0 Å². The zero-order valence-electron chi connectivity index (χ0n) is 44.8. The van der Waals surface area contributed by atoms with Crippen molar-refractivity contribution in [1.82, 2.24) is 0 Å². The smallest absolute Gasteiger partial charge is 0.201 e. The van der Waals surface area contributed by atoms with E-state index in [1.807, 2.05) is 85.6 Å². The Morgan fingerprint density at radius 2 is 0.613 bits per heavy atom. The van der Waals surface area contributed by atoms with Gasteiger partial charge in [-0.05, 0) is 139 Å². The number of hydrogen-bond acceptors (Lipinski definition) is 0. The van der Waals surface area contributed by atoms with Crippen LogP contribution in [0, 0.1) is 69.1 Å². The van der Waals surface area contributed by atoms with Crippen molar-refractivity contribution in [2.24, 2.45) is 28.2 Å².